The second-order valence-electron chi connectivity index (χ2n) is 19.7. The molecule has 0 amide bonds. The summed E-state index contributed by atoms with van der Waals surface area (Å²) < 4.78 is 106. The number of nitriles is 2. The average Bonchev–Trinajstić information content (AvgIpc) is 0.872. The quantitative estimate of drug-likeness (QED) is 0.00823. The van der Waals surface area contributed by atoms with Crippen LogP contribution in [0.15, 0.2) is 216 Å². The van der Waals surface area contributed by atoms with Crippen LogP contribution in [0.3, 0.4) is 0 Å². The molecule has 10 rings (SSSR count). The van der Waals surface area contributed by atoms with Gasteiger partial charge in [0, 0.05) is 43.4 Å². The molecule has 0 fully saturated rings. The van der Waals surface area contributed by atoms with Crippen LogP contribution in [-0.2, 0) is 45.4 Å². The molecule has 26 nitrogen and oxygen atoms in total. The predicted molar refractivity (Wildman–Crippen MR) is 403 cm³/mol. The van der Waals surface area contributed by atoms with Gasteiger partial charge < -0.3 is 57.9 Å². The number of halogens is 3. The molecule has 572 valence electrons. The zero-order valence-corrected chi connectivity index (χ0v) is 63.7. The molecular weight excluding hydrogens is 1540 g/mol. The van der Waals surface area contributed by atoms with Crippen molar-refractivity contribution in [3.05, 3.63) is 228 Å². The van der Waals surface area contributed by atoms with Crippen molar-refractivity contribution in [1.82, 2.24) is 10.1 Å². The molecule has 8 aromatic carbocycles. The summed E-state index contributed by atoms with van der Waals surface area (Å²) in [4.78, 5) is 31.5. The first-order valence-electron chi connectivity index (χ1n) is 28.5. The Balaban J connectivity index is -0.000000174. The van der Waals surface area contributed by atoms with Crippen molar-refractivity contribution in [3.63, 3.8) is 0 Å². The number of hydrogen-bond acceptors (Lipinski definition) is 23. The summed E-state index contributed by atoms with van der Waals surface area (Å²) >= 11 is 4.14. The number of aliphatic hydroxyl groups is 1. The molecule has 0 saturated carbocycles. The number of aromatic nitrogens is 2. The van der Waals surface area contributed by atoms with E-state index in [2.05, 4.69) is 42.2 Å². The summed E-state index contributed by atoms with van der Waals surface area (Å²) in [6.07, 6.45) is 0. The fourth-order valence-electron chi connectivity index (χ4n) is 6.64. The summed E-state index contributed by atoms with van der Waals surface area (Å²) in [5, 5.41) is 73.9. The van der Waals surface area contributed by atoms with Crippen LogP contribution in [0.5, 0.6) is 11.5 Å². The van der Waals surface area contributed by atoms with E-state index in [9.17, 15) is 40.3 Å². The number of alkyl halides is 1. The average molecular weight is 1640 g/mol. The molecule has 0 bridgehead atoms. The topological polar surface area (TPSA) is 471 Å². The molecule has 2 aromatic heterocycles. The van der Waals surface area contributed by atoms with Crippen molar-refractivity contribution in [3.8, 4) is 35.1 Å². The summed E-state index contributed by atoms with van der Waals surface area (Å²) in [6.45, 7) is 13.9. The number of nitrogen functional groups attached to an aromatic ring is 2. The number of benzene rings is 8. The van der Waals surface area contributed by atoms with Gasteiger partial charge in [0.25, 0.3) is 25.8 Å². The molecule has 0 aliphatic rings. The normalized spacial score (nSPS) is 9.27. The third-order valence-corrected chi connectivity index (χ3v) is 12.4. The molecule has 33 heteroatoms. The Morgan fingerprint density at radius 3 is 1.51 bits per heavy atom. The van der Waals surface area contributed by atoms with E-state index in [0.717, 1.165) is 28.8 Å². The number of aromatic hydroxyl groups is 1. The van der Waals surface area contributed by atoms with E-state index in [1.54, 1.807) is 151 Å². The van der Waals surface area contributed by atoms with Gasteiger partial charge in [0.05, 0.1) is 60.1 Å². The van der Waals surface area contributed by atoms with Crippen molar-refractivity contribution in [2.45, 2.75) is 100 Å². The minimum atomic E-state index is -4.47. The Kier molecular flexibility index (Phi) is 62.1. The van der Waals surface area contributed by atoms with Gasteiger partial charge in [-0.25, -0.2) is 14.4 Å². The number of nitrogens with one attached hydrogen (secondary N) is 1. The molecular formula is C72H93ClF2KN10O16PdS2-. The van der Waals surface area contributed by atoms with Gasteiger partial charge in [-0.2, -0.15) is 32.3 Å². The van der Waals surface area contributed by atoms with E-state index < -0.39 is 54.6 Å². The maximum Gasteiger partial charge on any atom is 1.00 e. The van der Waals surface area contributed by atoms with Crippen molar-refractivity contribution in [2.75, 3.05) is 26.6 Å². The molecule has 0 atom stereocenters. The number of fused-ring (bicyclic) bond motifs is 3. The largest absolute Gasteiger partial charge is 1.00 e. The van der Waals surface area contributed by atoms with Crippen molar-refractivity contribution in [1.29, 1.82) is 15.9 Å². The van der Waals surface area contributed by atoms with Crippen LogP contribution >= 0.6 is 11.8 Å². The Bertz CT molecular complexity index is 4540. The molecule has 0 spiro atoms. The monoisotopic (exact) mass is 1640 g/mol. The van der Waals surface area contributed by atoms with Crippen molar-refractivity contribution in [2.24, 2.45) is 21.3 Å². The van der Waals surface area contributed by atoms with Crippen LogP contribution in [0.4, 0.5) is 14.6 Å². The number of oxime groups is 2. The second-order valence-corrected chi connectivity index (χ2v) is 22.5. The van der Waals surface area contributed by atoms with E-state index in [0.29, 0.717) is 50.5 Å². The van der Waals surface area contributed by atoms with Gasteiger partial charge in [-0.15, -0.1) is 5.60 Å². The minimum absolute atomic E-state index is 0. The van der Waals surface area contributed by atoms with Gasteiger partial charge >= 0.3 is 57.4 Å². The number of amidine groups is 1. The first kappa shape index (κ1) is 110. The number of esters is 1. The molecule has 0 aliphatic heterocycles. The van der Waals surface area contributed by atoms with Crippen LogP contribution in [0.2, 0.25) is 0 Å². The first-order chi connectivity index (χ1) is 46.7. The number of carbonyl (C=O) groups excluding carboxylic acids is 1. The van der Waals surface area contributed by atoms with E-state index in [1.165, 1.54) is 49.6 Å². The van der Waals surface area contributed by atoms with Gasteiger partial charge in [-0.1, -0.05) is 151 Å². The van der Waals surface area contributed by atoms with Crippen LogP contribution in [0.25, 0.3) is 44.2 Å². The number of methoxy groups -OCH3 is 1. The summed E-state index contributed by atoms with van der Waals surface area (Å²) in [5.74, 6) is 0.222. The Morgan fingerprint density at radius 2 is 1.12 bits per heavy atom. The molecule has 0 saturated heterocycles. The molecule has 10 aromatic rings. The number of nitrogens with two attached hydrogens (primary N) is 3. The zero-order valence-electron chi connectivity index (χ0n) is 57.6. The van der Waals surface area contributed by atoms with Crippen LogP contribution in [0, 0.1) is 41.3 Å². The number of ether oxygens (including phenoxy) is 1. The van der Waals surface area contributed by atoms with Crippen LogP contribution in [0.1, 0.15) is 114 Å². The third-order valence-electron chi connectivity index (χ3n) is 10.6. The second kappa shape index (κ2) is 59.5. The van der Waals surface area contributed by atoms with Gasteiger partial charge in [0.1, 0.15) is 44.9 Å². The maximum atomic E-state index is 12.4. The minimum Gasteiger partial charge on any atom is -0.850 e. The number of para-hydroxylation sites is 4. The molecule has 0 aliphatic carbocycles. The fourth-order valence-corrected chi connectivity index (χ4v) is 8.05. The number of carbonyl (C=O) groups is 1. The summed E-state index contributed by atoms with van der Waals surface area (Å²) in [7, 11) is -8.62. The molecule has 2 heterocycles. The summed E-state index contributed by atoms with van der Waals surface area (Å²) in [5.41, 5.74) is 14.2. The number of rotatable bonds is 7. The van der Waals surface area contributed by atoms with E-state index in [4.69, 9.17) is 67.1 Å². The Hall–Kier alpha value is -8.76. The van der Waals surface area contributed by atoms with Crippen LogP contribution in [-0.4, -0.2) is 101 Å². The SMILES string of the molecule is C.C.C.C.CC(C)(C)[O-].CC(C)=NO.CC(C)=NOc1ccccc1C#N.CCO.COC(=O)c1ccc(-c2nc(=O)c3ccccc3o2)cc1.N#Cc1ccccc1F.N=C(N)c1ccccc1O.NCl.Nc1noc2ccccc12.O=S(=O)(O)c1cccc2c(S(=O)(=O)O)cccc12.[2H]CF.[CH3-].[K+].[Pd]. The molecule has 0 unspecified atom stereocenters. The fraction of sp³-hybridized carbons (Fsp3) is 0.222. The number of phenols is 1. The zero-order chi connectivity index (χ0) is 75.5. The van der Waals surface area contributed by atoms with E-state index >= 15 is 0 Å². The van der Waals surface area contributed by atoms with Crippen LogP contribution < -0.4 is 83.6 Å². The maximum absolute atomic E-state index is 12.4. The smallest absolute Gasteiger partial charge is 0.850 e. The van der Waals surface area contributed by atoms with Crippen molar-refractivity contribution >= 4 is 93.8 Å². The Labute approximate surface area is 676 Å². The van der Waals surface area contributed by atoms with Gasteiger partial charge in [0.15, 0.2) is 17.2 Å². The third kappa shape index (κ3) is 43.3. The molecule has 0 radical (unpaired) electrons. The number of anilines is 1. The van der Waals surface area contributed by atoms with Gasteiger partial charge in [-0.3, -0.25) is 23.7 Å². The standard InChI is InChI=1S/C16H11NO4.C10H10N2O.C10H8O6S2.C7H4FN.C7H6N2O.C7H8N2O.C4H9O.C3H7NO.C2H6O.CH3F.4CH4.CH3.ClH2N.K.Pd/c1-20-16(19)11-8-6-10(7-9-11)15-17-14(18)12-4-2-3-5-13(12)21-15;1-8(2)12-13-10-6-4-3-5-9(10)7-11;11-17(12,13)9-5-1-3-7-8(9)4-2-6-10(7)18(14,15)16;8-7-4-2-1-3-6(7)5-9;8-7-5-3-1-2-4-6(5)10-9-7;8-7(9)5-3-1-2-4-6(5)10;1-4(2,3)5;1-3(2)4-5;1-2-3;1-2;;;;;;1-2;;/h2-9H,1H3;3-6H,1-2H3;1-6H,(H,11,12,13)(H,14,15,16);1-4H;1-4H,(H2,8,9);1-4,10H,(H3,8,9);1-3H3;5H,1-2H3;3H,2H2,1H3;1H3;4*1H4;1H3;2H2;;/q;;;;;;-1;;;;;;;;-1;;+1;/i;;;;;;;;;1D;;;;;;;;. The predicted octanol–water partition coefficient (Wildman–Crippen LogP) is 11.8. The molecule has 105 heavy (non-hydrogen) atoms. The summed E-state index contributed by atoms with van der Waals surface area (Å²) in [6, 6.07) is 51.6. The van der Waals surface area contributed by atoms with E-state index in [-0.39, 0.29) is 155 Å². The van der Waals surface area contributed by atoms with Gasteiger partial charge in [0.2, 0.25) is 5.89 Å². The number of phenolic OH excluding ortho intramolecular Hbond substituents is 1. The number of hydrogen-bond donors (Lipinski definition) is 9. The Morgan fingerprint density at radius 1 is 0.724 bits per heavy atom. The van der Waals surface area contributed by atoms with Crippen molar-refractivity contribution < 1.29 is 152 Å². The first-order valence-corrected chi connectivity index (χ1v) is 31.1. The van der Waals surface area contributed by atoms with E-state index in [1.807, 2.05) is 44.2 Å². The molecule has 12 N–H and O–H groups in total. The number of aliphatic hydroxyl groups excluding tert-OH is 1. The van der Waals surface area contributed by atoms with Gasteiger partial charge in [-0.05, 0) is 143 Å². The number of nitrogens with zero attached hydrogens (tertiary/aromatic N) is 6.